The highest BCUT2D eigenvalue weighted by atomic mass is 15.1. The number of rotatable bonds is 9. The van der Waals surface area contributed by atoms with Crippen LogP contribution in [0.1, 0.15) is 56.3 Å². The monoisotopic (exact) mass is 276 g/mol. The lowest BCUT2D eigenvalue weighted by Gasteiger charge is -2.28. The molecule has 2 nitrogen and oxygen atoms in total. The van der Waals surface area contributed by atoms with Crippen molar-refractivity contribution in [3.05, 3.63) is 34.9 Å². The number of benzene rings is 1. The van der Waals surface area contributed by atoms with Crippen molar-refractivity contribution in [1.29, 1.82) is 0 Å². The molecular formula is C18H32N2. The molecule has 114 valence electrons. The van der Waals surface area contributed by atoms with E-state index >= 15 is 0 Å². The Kier molecular flexibility index (Phi) is 7.86. The molecule has 0 saturated carbocycles. The fourth-order valence-corrected chi connectivity index (χ4v) is 2.67. The Balaban J connectivity index is 2.84. The molecule has 0 spiro atoms. The molecule has 0 aliphatic heterocycles. The molecule has 0 aromatic heterocycles. The molecule has 0 amide bonds. The summed E-state index contributed by atoms with van der Waals surface area (Å²) < 4.78 is 0. The van der Waals surface area contributed by atoms with Crippen LogP contribution in [0.4, 0.5) is 0 Å². The zero-order valence-corrected chi connectivity index (χ0v) is 14.0. The van der Waals surface area contributed by atoms with Crippen molar-refractivity contribution in [2.24, 2.45) is 0 Å². The van der Waals surface area contributed by atoms with Gasteiger partial charge in [0, 0.05) is 12.6 Å². The highest BCUT2D eigenvalue weighted by molar-refractivity contribution is 5.33. The molecule has 2 heteroatoms. The second-order valence-electron chi connectivity index (χ2n) is 5.72. The van der Waals surface area contributed by atoms with Crippen LogP contribution in [0.25, 0.3) is 0 Å². The third-order valence-electron chi connectivity index (χ3n) is 3.98. The van der Waals surface area contributed by atoms with Crippen LogP contribution in [-0.2, 0) is 0 Å². The lowest BCUT2D eigenvalue weighted by molar-refractivity contribution is 0.251. The van der Waals surface area contributed by atoms with Crippen LogP contribution < -0.4 is 5.32 Å². The number of likely N-dealkylation sites (N-methyl/N-ethyl adjacent to an activating group) is 2. The van der Waals surface area contributed by atoms with Gasteiger partial charge in [-0.2, -0.15) is 0 Å². The first-order chi connectivity index (χ1) is 9.62. The molecular weight excluding hydrogens is 244 g/mol. The summed E-state index contributed by atoms with van der Waals surface area (Å²) in [5, 5.41) is 3.67. The average Bonchev–Trinajstić information content (AvgIpc) is 2.45. The van der Waals surface area contributed by atoms with E-state index in [1.807, 2.05) is 0 Å². The Morgan fingerprint density at radius 3 is 2.50 bits per heavy atom. The van der Waals surface area contributed by atoms with E-state index in [1.54, 1.807) is 0 Å². The summed E-state index contributed by atoms with van der Waals surface area (Å²) in [7, 11) is 0. The molecule has 0 fully saturated rings. The first-order valence-electron chi connectivity index (χ1n) is 8.15. The summed E-state index contributed by atoms with van der Waals surface area (Å²) in [6.45, 7) is 15.6. The Labute approximate surface area is 125 Å². The lowest BCUT2D eigenvalue weighted by atomic mass is 9.98. The van der Waals surface area contributed by atoms with Gasteiger partial charge < -0.3 is 10.2 Å². The van der Waals surface area contributed by atoms with Crippen molar-refractivity contribution in [3.63, 3.8) is 0 Å². The molecule has 20 heavy (non-hydrogen) atoms. The van der Waals surface area contributed by atoms with Crippen molar-refractivity contribution in [1.82, 2.24) is 10.2 Å². The normalized spacial score (nSPS) is 12.9. The van der Waals surface area contributed by atoms with Gasteiger partial charge in [0.1, 0.15) is 0 Å². The van der Waals surface area contributed by atoms with E-state index in [0.717, 1.165) is 19.6 Å². The van der Waals surface area contributed by atoms with E-state index in [2.05, 4.69) is 63.0 Å². The molecule has 0 radical (unpaired) electrons. The van der Waals surface area contributed by atoms with Crippen LogP contribution in [0.5, 0.6) is 0 Å². The van der Waals surface area contributed by atoms with Gasteiger partial charge in [-0.3, -0.25) is 0 Å². The van der Waals surface area contributed by atoms with Crippen LogP contribution in [-0.4, -0.2) is 31.1 Å². The van der Waals surface area contributed by atoms with Gasteiger partial charge in [-0.05, 0) is 51.0 Å². The van der Waals surface area contributed by atoms with Crippen LogP contribution in [0, 0.1) is 13.8 Å². The third-order valence-corrected chi connectivity index (χ3v) is 3.98. The standard InChI is InChI=1S/C18H32N2/c1-6-9-12-20(8-3)14-18(19-7-2)17-13-15(4)10-11-16(17)5/h10-11,13,18-19H,6-9,12,14H2,1-5H3. The van der Waals surface area contributed by atoms with Gasteiger partial charge in [0.05, 0.1) is 0 Å². The van der Waals surface area contributed by atoms with E-state index in [9.17, 15) is 0 Å². The predicted octanol–water partition coefficient (Wildman–Crippen LogP) is 4.08. The minimum absolute atomic E-state index is 0.441. The van der Waals surface area contributed by atoms with E-state index < -0.39 is 0 Å². The summed E-state index contributed by atoms with van der Waals surface area (Å²) in [4.78, 5) is 2.57. The van der Waals surface area contributed by atoms with E-state index in [1.165, 1.54) is 36.1 Å². The van der Waals surface area contributed by atoms with Crippen molar-refractivity contribution >= 4 is 0 Å². The highest BCUT2D eigenvalue weighted by Crippen LogP contribution is 2.20. The van der Waals surface area contributed by atoms with Crippen LogP contribution >= 0.6 is 0 Å². The largest absolute Gasteiger partial charge is 0.309 e. The maximum atomic E-state index is 3.67. The SMILES string of the molecule is CCCCN(CC)CC(NCC)c1cc(C)ccc1C. The van der Waals surface area contributed by atoms with Gasteiger partial charge in [-0.15, -0.1) is 0 Å². The summed E-state index contributed by atoms with van der Waals surface area (Å²) in [5.41, 5.74) is 4.21. The zero-order chi connectivity index (χ0) is 15.0. The second kappa shape index (κ2) is 9.15. The van der Waals surface area contributed by atoms with Crippen molar-refractivity contribution in [2.45, 2.75) is 53.5 Å². The van der Waals surface area contributed by atoms with Crippen molar-refractivity contribution in [3.8, 4) is 0 Å². The highest BCUT2D eigenvalue weighted by Gasteiger charge is 2.16. The maximum Gasteiger partial charge on any atom is 0.0451 e. The van der Waals surface area contributed by atoms with Crippen LogP contribution in [0.15, 0.2) is 18.2 Å². The van der Waals surface area contributed by atoms with Gasteiger partial charge in [0.2, 0.25) is 0 Å². The van der Waals surface area contributed by atoms with Crippen molar-refractivity contribution < 1.29 is 0 Å². The van der Waals surface area contributed by atoms with Gasteiger partial charge in [0.15, 0.2) is 0 Å². The van der Waals surface area contributed by atoms with E-state index in [0.29, 0.717) is 6.04 Å². The molecule has 1 N–H and O–H groups in total. The molecule has 0 aliphatic carbocycles. The molecule has 1 atom stereocenters. The van der Waals surface area contributed by atoms with Crippen LogP contribution in [0.2, 0.25) is 0 Å². The van der Waals surface area contributed by atoms with Gasteiger partial charge in [0.25, 0.3) is 0 Å². The minimum atomic E-state index is 0.441. The third kappa shape index (κ3) is 5.26. The first-order valence-corrected chi connectivity index (χ1v) is 8.15. The summed E-state index contributed by atoms with van der Waals surface area (Å²) in [6, 6.07) is 7.24. The second-order valence-corrected chi connectivity index (χ2v) is 5.72. The zero-order valence-electron chi connectivity index (χ0n) is 14.0. The molecule has 0 saturated heterocycles. The molecule has 1 aromatic rings. The fourth-order valence-electron chi connectivity index (χ4n) is 2.67. The van der Waals surface area contributed by atoms with Crippen molar-refractivity contribution in [2.75, 3.05) is 26.2 Å². The summed E-state index contributed by atoms with van der Waals surface area (Å²) in [6.07, 6.45) is 2.56. The summed E-state index contributed by atoms with van der Waals surface area (Å²) in [5.74, 6) is 0. The summed E-state index contributed by atoms with van der Waals surface area (Å²) >= 11 is 0. The Morgan fingerprint density at radius 1 is 1.15 bits per heavy atom. The predicted molar refractivity (Wildman–Crippen MR) is 89.4 cm³/mol. The number of hydrogen-bond donors (Lipinski definition) is 1. The number of hydrogen-bond acceptors (Lipinski definition) is 2. The number of aryl methyl sites for hydroxylation is 2. The first kappa shape index (κ1) is 17.2. The number of unbranched alkanes of at least 4 members (excludes halogenated alkanes) is 1. The smallest absolute Gasteiger partial charge is 0.0451 e. The maximum absolute atomic E-state index is 3.67. The molecule has 1 unspecified atom stereocenters. The Morgan fingerprint density at radius 2 is 1.90 bits per heavy atom. The Hall–Kier alpha value is -0.860. The van der Waals surface area contributed by atoms with E-state index in [4.69, 9.17) is 0 Å². The molecule has 0 heterocycles. The van der Waals surface area contributed by atoms with Gasteiger partial charge in [-0.25, -0.2) is 0 Å². The lowest BCUT2D eigenvalue weighted by Crippen LogP contribution is -2.36. The molecule has 1 aromatic carbocycles. The minimum Gasteiger partial charge on any atom is -0.309 e. The number of nitrogens with one attached hydrogen (secondary N) is 1. The molecule has 0 bridgehead atoms. The Bertz CT molecular complexity index is 387. The fraction of sp³-hybridized carbons (Fsp3) is 0.667. The number of nitrogens with zero attached hydrogens (tertiary/aromatic N) is 1. The van der Waals surface area contributed by atoms with Crippen LogP contribution in [0.3, 0.4) is 0 Å². The van der Waals surface area contributed by atoms with Gasteiger partial charge >= 0.3 is 0 Å². The molecule has 0 aliphatic rings. The van der Waals surface area contributed by atoms with E-state index in [-0.39, 0.29) is 0 Å². The average molecular weight is 276 g/mol. The molecule has 1 rings (SSSR count). The quantitative estimate of drug-likeness (QED) is 0.731. The topological polar surface area (TPSA) is 15.3 Å². The van der Waals surface area contributed by atoms with Gasteiger partial charge in [-0.1, -0.05) is 51.0 Å².